The molecule has 0 aromatic rings. The smallest absolute Gasteiger partial charge is 0.249 e. The molecule has 1 rings (SSSR count). The molecule has 2 heteroatoms. The number of nitrogens with zero attached hydrogens (tertiary/aromatic N) is 1. The standard InChI is InChI=1S/C8H16BN/c1-4-9-6-5-7-10(9)8(2)3/h5-6,8H,4,7H2,1-3H3. The van der Waals surface area contributed by atoms with E-state index in [0.717, 1.165) is 6.54 Å². The van der Waals surface area contributed by atoms with E-state index < -0.39 is 0 Å². The highest BCUT2D eigenvalue weighted by Crippen LogP contribution is 2.12. The minimum absolute atomic E-state index is 0.694. The van der Waals surface area contributed by atoms with Gasteiger partial charge in [0.25, 0.3) is 0 Å². The maximum atomic E-state index is 2.51. The lowest BCUT2D eigenvalue weighted by Gasteiger charge is -2.25. The number of hydrogen-bond acceptors (Lipinski definition) is 1. The van der Waals surface area contributed by atoms with Gasteiger partial charge >= 0.3 is 0 Å². The summed E-state index contributed by atoms with van der Waals surface area (Å²) in [5.41, 5.74) is 0. The van der Waals surface area contributed by atoms with Crippen molar-refractivity contribution in [3.8, 4) is 0 Å². The summed E-state index contributed by atoms with van der Waals surface area (Å²) < 4.78 is 0. The Morgan fingerprint density at radius 3 is 2.70 bits per heavy atom. The van der Waals surface area contributed by atoms with Crippen LogP contribution in [-0.4, -0.2) is 24.2 Å². The molecular weight excluding hydrogens is 121 g/mol. The fourth-order valence-corrected chi connectivity index (χ4v) is 1.55. The molecule has 0 amide bonds. The van der Waals surface area contributed by atoms with Crippen molar-refractivity contribution >= 4 is 6.85 Å². The summed E-state index contributed by atoms with van der Waals surface area (Å²) in [7, 11) is 0. The van der Waals surface area contributed by atoms with Gasteiger partial charge in [0, 0.05) is 6.54 Å². The van der Waals surface area contributed by atoms with Gasteiger partial charge in [-0.25, -0.2) is 0 Å². The Bertz CT molecular complexity index is 131. The van der Waals surface area contributed by atoms with Crippen molar-refractivity contribution in [3.63, 3.8) is 0 Å². The van der Waals surface area contributed by atoms with Crippen LogP contribution in [-0.2, 0) is 0 Å². The van der Waals surface area contributed by atoms with Crippen LogP contribution in [0.3, 0.4) is 0 Å². The molecule has 0 bridgehead atoms. The van der Waals surface area contributed by atoms with Crippen molar-refractivity contribution in [1.29, 1.82) is 0 Å². The lowest BCUT2D eigenvalue weighted by atomic mass is 9.59. The van der Waals surface area contributed by atoms with Crippen LogP contribution < -0.4 is 0 Å². The Kier molecular flexibility index (Phi) is 2.55. The Morgan fingerprint density at radius 1 is 1.60 bits per heavy atom. The van der Waals surface area contributed by atoms with Gasteiger partial charge in [0.05, 0.1) is 0 Å². The Hall–Kier alpha value is -0.235. The first-order chi connectivity index (χ1) is 4.75. The average Bonchev–Trinajstić information content (AvgIpc) is 2.33. The summed E-state index contributed by atoms with van der Waals surface area (Å²) in [6.45, 7) is 8.62. The average molecular weight is 137 g/mol. The molecule has 0 atom stereocenters. The summed E-state index contributed by atoms with van der Waals surface area (Å²) in [6, 6.07) is 0.694. The topological polar surface area (TPSA) is 3.24 Å². The highest BCUT2D eigenvalue weighted by molar-refractivity contribution is 6.62. The molecule has 56 valence electrons. The molecule has 1 aliphatic heterocycles. The summed E-state index contributed by atoms with van der Waals surface area (Å²) in [4.78, 5) is 2.51. The first kappa shape index (κ1) is 7.87. The van der Waals surface area contributed by atoms with Crippen LogP contribution in [0.2, 0.25) is 6.32 Å². The van der Waals surface area contributed by atoms with Gasteiger partial charge in [-0.1, -0.05) is 33.2 Å². The van der Waals surface area contributed by atoms with Crippen molar-refractivity contribution in [2.24, 2.45) is 0 Å². The Balaban J connectivity index is 2.47. The summed E-state index contributed by atoms with van der Waals surface area (Å²) in [5.74, 6) is 2.32. The molecule has 1 aliphatic rings. The monoisotopic (exact) mass is 137 g/mol. The number of rotatable bonds is 2. The molecule has 0 spiro atoms. The van der Waals surface area contributed by atoms with E-state index in [0.29, 0.717) is 12.9 Å². The van der Waals surface area contributed by atoms with E-state index in [4.69, 9.17) is 0 Å². The normalized spacial score (nSPS) is 19.4. The molecule has 1 heterocycles. The van der Waals surface area contributed by atoms with Crippen LogP contribution in [0.25, 0.3) is 0 Å². The fourth-order valence-electron chi connectivity index (χ4n) is 1.55. The summed E-state index contributed by atoms with van der Waals surface area (Å²) in [6.07, 6.45) is 3.52. The third-order valence-electron chi connectivity index (χ3n) is 2.18. The van der Waals surface area contributed by atoms with Crippen molar-refractivity contribution in [3.05, 3.63) is 12.1 Å². The minimum atomic E-state index is 0.694. The zero-order valence-electron chi connectivity index (χ0n) is 7.17. The highest BCUT2D eigenvalue weighted by atomic mass is 15.1. The molecule has 0 saturated carbocycles. The van der Waals surface area contributed by atoms with Gasteiger partial charge in [-0.2, -0.15) is 0 Å². The van der Waals surface area contributed by atoms with Gasteiger partial charge in [-0.05, 0) is 6.04 Å². The van der Waals surface area contributed by atoms with Crippen LogP contribution in [0.1, 0.15) is 20.8 Å². The van der Waals surface area contributed by atoms with Crippen LogP contribution in [0.4, 0.5) is 0 Å². The van der Waals surface area contributed by atoms with Gasteiger partial charge in [-0.3, -0.25) is 0 Å². The van der Waals surface area contributed by atoms with E-state index in [2.05, 4.69) is 37.6 Å². The van der Waals surface area contributed by atoms with Crippen molar-refractivity contribution < 1.29 is 0 Å². The molecule has 0 saturated heterocycles. The largest absolute Gasteiger partial charge is 0.333 e. The quantitative estimate of drug-likeness (QED) is 0.524. The minimum Gasteiger partial charge on any atom is -0.333 e. The van der Waals surface area contributed by atoms with Gasteiger partial charge in [0.2, 0.25) is 6.85 Å². The second kappa shape index (κ2) is 3.24. The first-order valence-corrected chi connectivity index (χ1v) is 4.18. The van der Waals surface area contributed by atoms with Gasteiger partial charge < -0.3 is 4.81 Å². The second-order valence-corrected chi connectivity index (χ2v) is 3.19. The molecule has 0 aromatic heterocycles. The maximum absolute atomic E-state index is 2.51. The van der Waals surface area contributed by atoms with Gasteiger partial charge in [0.1, 0.15) is 0 Å². The van der Waals surface area contributed by atoms with E-state index >= 15 is 0 Å². The predicted molar refractivity (Wildman–Crippen MR) is 47.2 cm³/mol. The van der Waals surface area contributed by atoms with Crippen molar-refractivity contribution in [1.82, 2.24) is 4.81 Å². The SMILES string of the molecule is CCB1C=CCN1C(C)C. The third-order valence-corrected chi connectivity index (χ3v) is 2.18. The zero-order chi connectivity index (χ0) is 7.56. The summed E-state index contributed by atoms with van der Waals surface area (Å²) in [5, 5.41) is 0. The Labute approximate surface area is 64.2 Å². The summed E-state index contributed by atoms with van der Waals surface area (Å²) >= 11 is 0. The van der Waals surface area contributed by atoms with E-state index in [1.807, 2.05) is 0 Å². The molecule has 0 aromatic carbocycles. The molecular formula is C8H16BN. The molecule has 0 N–H and O–H groups in total. The van der Waals surface area contributed by atoms with E-state index in [9.17, 15) is 0 Å². The van der Waals surface area contributed by atoms with E-state index in [1.54, 1.807) is 0 Å². The molecule has 10 heavy (non-hydrogen) atoms. The Morgan fingerprint density at radius 2 is 2.30 bits per heavy atom. The lowest BCUT2D eigenvalue weighted by molar-refractivity contribution is 0.406. The molecule has 0 aliphatic carbocycles. The molecule has 0 unspecified atom stereocenters. The van der Waals surface area contributed by atoms with Gasteiger partial charge in [0.15, 0.2) is 0 Å². The van der Waals surface area contributed by atoms with Gasteiger partial charge in [-0.15, -0.1) is 5.98 Å². The lowest BCUT2D eigenvalue weighted by Crippen LogP contribution is -2.38. The zero-order valence-corrected chi connectivity index (χ0v) is 7.17. The van der Waals surface area contributed by atoms with Crippen LogP contribution >= 0.6 is 0 Å². The maximum Gasteiger partial charge on any atom is 0.249 e. The van der Waals surface area contributed by atoms with E-state index in [1.165, 1.54) is 6.32 Å². The molecule has 0 radical (unpaired) electrons. The first-order valence-electron chi connectivity index (χ1n) is 4.18. The molecule has 0 fully saturated rings. The fraction of sp³-hybridized carbons (Fsp3) is 0.750. The van der Waals surface area contributed by atoms with Crippen molar-refractivity contribution in [2.45, 2.75) is 33.1 Å². The predicted octanol–water partition coefficient (Wildman–Crippen LogP) is 1.82. The van der Waals surface area contributed by atoms with Crippen LogP contribution in [0.15, 0.2) is 12.1 Å². The highest BCUT2D eigenvalue weighted by Gasteiger charge is 2.23. The number of hydrogen-bond donors (Lipinski definition) is 0. The van der Waals surface area contributed by atoms with E-state index in [-0.39, 0.29) is 0 Å². The van der Waals surface area contributed by atoms with Crippen LogP contribution in [0.5, 0.6) is 0 Å². The third kappa shape index (κ3) is 1.43. The van der Waals surface area contributed by atoms with Crippen LogP contribution in [0, 0.1) is 0 Å². The molecule has 1 nitrogen and oxygen atoms in total. The van der Waals surface area contributed by atoms with Crippen molar-refractivity contribution in [2.75, 3.05) is 6.54 Å². The second-order valence-electron chi connectivity index (χ2n) is 3.19.